The van der Waals surface area contributed by atoms with Crippen molar-refractivity contribution in [2.24, 2.45) is 0 Å². The van der Waals surface area contributed by atoms with Crippen molar-refractivity contribution in [3.63, 3.8) is 0 Å². The molecule has 0 aliphatic rings. The number of halogens is 1. The highest BCUT2D eigenvalue weighted by atomic mass is 35.5. The molecule has 0 spiro atoms. The average Bonchev–Trinajstić information content (AvgIpc) is 2.45. The molecule has 2 nitrogen and oxygen atoms in total. The van der Waals surface area contributed by atoms with Gasteiger partial charge in [0.15, 0.2) is 0 Å². The Morgan fingerprint density at radius 1 is 1.05 bits per heavy atom. The van der Waals surface area contributed by atoms with Crippen LogP contribution in [0.3, 0.4) is 0 Å². The highest BCUT2D eigenvalue weighted by Gasteiger charge is 2.18. The van der Waals surface area contributed by atoms with Gasteiger partial charge < -0.3 is 10.1 Å². The number of methoxy groups -OCH3 is 1. The highest BCUT2D eigenvalue weighted by molar-refractivity contribution is 6.30. The largest absolute Gasteiger partial charge is 0.496 e. The van der Waals surface area contributed by atoms with Crippen molar-refractivity contribution in [1.82, 2.24) is 5.32 Å². The molecule has 0 aliphatic carbocycles. The Kier molecular flexibility index (Phi) is 4.69. The summed E-state index contributed by atoms with van der Waals surface area (Å²) in [6.45, 7) is 4.19. The number of ether oxygens (including phenoxy) is 1. The van der Waals surface area contributed by atoms with Crippen LogP contribution in [0.25, 0.3) is 0 Å². The second kappa shape index (κ2) is 6.29. The third-order valence-corrected chi connectivity index (χ3v) is 3.97. The Labute approximate surface area is 125 Å². The maximum Gasteiger partial charge on any atom is 0.127 e. The van der Waals surface area contributed by atoms with Crippen LogP contribution in [0.5, 0.6) is 5.75 Å². The SMILES string of the molecule is CNC(c1ccc(Cl)cc1)c1ccc(C)c(C)c1OC. The summed E-state index contributed by atoms with van der Waals surface area (Å²) in [5.74, 6) is 0.944. The molecule has 2 aromatic rings. The minimum atomic E-state index is 0.0847. The summed E-state index contributed by atoms with van der Waals surface area (Å²) in [7, 11) is 3.67. The number of nitrogens with one attached hydrogen (secondary N) is 1. The zero-order valence-corrected chi connectivity index (χ0v) is 13.1. The molecule has 1 atom stereocenters. The van der Waals surface area contributed by atoms with Gasteiger partial charge >= 0.3 is 0 Å². The maximum atomic E-state index is 5.97. The van der Waals surface area contributed by atoms with Gasteiger partial charge in [-0.3, -0.25) is 0 Å². The van der Waals surface area contributed by atoms with Crippen LogP contribution < -0.4 is 10.1 Å². The van der Waals surface area contributed by atoms with Gasteiger partial charge in [-0.2, -0.15) is 0 Å². The fraction of sp³-hybridized carbons (Fsp3) is 0.294. The van der Waals surface area contributed by atoms with E-state index in [2.05, 4.69) is 31.3 Å². The Bertz CT molecular complexity index is 593. The van der Waals surface area contributed by atoms with E-state index in [0.717, 1.165) is 16.3 Å². The van der Waals surface area contributed by atoms with E-state index in [0.29, 0.717) is 0 Å². The number of benzene rings is 2. The zero-order valence-electron chi connectivity index (χ0n) is 12.3. The van der Waals surface area contributed by atoms with Gasteiger partial charge in [-0.05, 0) is 49.7 Å². The second-order valence-corrected chi connectivity index (χ2v) is 5.34. The molecule has 20 heavy (non-hydrogen) atoms. The summed E-state index contributed by atoms with van der Waals surface area (Å²) in [5.41, 5.74) is 4.72. The first-order valence-corrected chi connectivity index (χ1v) is 7.03. The van der Waals surface area contributed by atoms with Gasteiger partial charge in [0.2, 0.25) is 0 Å². The number of hydrogen-bond acceptors (Lipinski definition) is 2. The van der Waals surface area contributed by atoms with Gasteiger partial charge in [0.05, 0.1) is 13.2 Å². The summed E-state index contributed by atoms with van der Waals surface area (Å²) in [6, 6.07) is 12.2. The first kappa shape index (κ1) is 14.9. The molecule has 3 heteroatoms. The lowest BCUT2D eigenvalue weighted by Gasteiger charge is -2.22. The maximum absolute atomic E-state index is 5.97. The number of aryl methyl sites for hydroxylation is 1. The standard InChI is InChI=1S/C17H20ClNO/c1-11-5-10-15(17(20-4)12(11)2)16(19-3)13-6-8-14(18)9-7-13/h5-10,16,19H,1-4H3. The van der Waals surface area contributed by atoms with Crippen molar-refractivity contribution in [2.75, 3.05) is 14.2 Å². The normalized spacial score (nSPS) is 12.2. The van der Waals surface area contributed by atoms with E-state index in [-0.39, 0.29) is 6.04 Å². The molecule has 0 saturated heterocycles. The summed E-state index contributed by atoms with van der Waals surface area (Å²) in [4.78, 5) is 0. The van der Waals surface area contributed by atoms with Crippen molar-refractivity contribution in [1.29, 1.82) is 0 Å². The van der Waals surface area contributed by atoms with Crippen molar-refractivity contribution < 1.29 is 4.74 Å². The summed E-state index contributed by atoms with van der Waals surface area (Å²) in [5, 5.41) is 4.10. The molecule has 1 N–H and O–H groups in total. The van der Waals surface area contributed by atoms with Gasteiger partial charge in [0.25, 0.3) is 0 Å². The average molecular weight is 290 g/mol. The van der Waals surface area contributed by atoms with Crippen molar-refractivity contribution in [3.8, 4) is 5.75 Å². The molecule has 0 heterocycles. The number of rotatable bonds is 4. The lowest BCUT2D eigenvalue weighted by molar-refractivity contribution is 0.402. The monoisotopic (exact) mass is 289 g/mol. The fourth-order valence-corrected chi connectivity index (χ4v) is 2.59. The Morgan fingerprint density at radius 3 is 2.25 bits per heavy atom. The van der Waals surface area contributed by atoms with Gasteiger partial charge in [-0.25, -0.2) is 0 Å². The van der Waals surface area contributed by atoms with Crippen LogP contribution in [0.15, 0.2) is 36.4 Å². The third-order valence-electron chi connectivity index (χ3n) is 3.71. The van der Waals surface area contributed by atoms with E-state index in [4.69, 9.17) is 16.3 Å². The van der Waals surface area contributed by atoms with Crippen molar-refractivity contribution >= 4 is 11.6 Å². The molecule has 0 saturated carbocycles. The highest BCUT2D eigenvalue weighted by Crippen LogP contribution is 2.34. The number of hydrogen-bond donors (Lipinski definition) is 1. The Morgan fingerprint density at radius 2 is 1.70 bits per heavy atom. The van der Waals surface area contributed by atoms with Crippen LogP contribution >= 0.6 is 11.6 Å². The molecule has 2 rings (SSSR count). The van der Waals surface area contributed by atoms with Crippen LogP contribution in [0.1, 0.15) is 28.3 Å². The van der Waals surface area contributed by atoms with Crippen LogP contribution in [0.4, 0.5) is 0 Å². The van der Waals surface area contributed by atoms with E-state index >= 15 is 0 Å². The van der Waals surface area contributed by atoms with Crippen molar-refractivity contribution in [3.05, 3.63) is 63.7 Å². The summed E-state index contributed by atoms with van der Waals surface area (Å²) >= 11 is 5.97. The molecule has 0 amide bonds. The first-order chi connectivity index (χ1) is 9.58. The summed E-state index contributed by atoms with van der Waals surface area (Å²) in [6.07, 6.45) is 0. The minimum absolute atomic E-state index is 0.0847. The van der Waals surface area contributed by atoms with E-state index in [1.165, 1.54) is 16.7 Å². The van der Waals surface area contributed by atoms with E-state index in [1.54, 1.807) is 7.11 Å². The van der Waals surface area contributed by atoms with Crippen molar-refractivity contribution in [2.45, 2.75) is 19.9 Å². The summed E-state index contributed by atoms with van der Waals surface area (Å²) < 4.78 is 5.62. The molecule has 106 valence electrons. The van der Waals surface area contributed by atoms with Gasteiger partial charge in [0, 0.05) is 10.6 Å². The van der Waals surface area contributed by atoms with Gasteiger partial charge in [0.1, 0.15) is 5.75 Å². The predicted octanol–water partition coefficient (Wildman–Crippen LogP) is 4.27. The van der Waals surface area contributed by atoms with Gasteiger partial charge in [-0.15, -0.1) is 0 Å². The van der Waals surface area contributed by atoms with Gasteiger partial charge in [-0.1, -0.05) is 35.9 Å². The van der Waals surface area contributed by atoms with Crippen LogP contribution in [-0.4, -0.2) is 14.2 Å². The van der Waals surface area contributed by atoms with Crippen LogP contribution in [0.2, 0.25) is 5.02 Å². The fourth-order valence-electron chi connectivity index (χ4n) is 2.47. The Hall–Kier alpha value is -1.51. The molecular weight excluding hydrogens is 270 g/mol. The second-order valence-electron chi connectivity index (χ2n) is 4.90. The molecule has 0 radical (unpaired) electrons. The van der Waals surface area contributed by atoms with E-state index in [1.807, 2.05) is 31.3 Å². The lowest BCUT2D eigenvalue weighted by Crippen LogP contribution is -2.18. The minimum Gasteiger partial charge on any atom is -0.496 e. The molecule has 2 aromatic carbocycles. The van der Waals surface area contributed by atoms with Crippen LogP contribution in [-0.2, 0) is 0 Å². The predicted molar refractivity (Wildman–Crippen MR) is 84.8 cm³/mol. The molecule has 0 fully saturated rings. The molecule has 0 aliphatic heterocycles. The molecular formula is C17H20ClNO. The topological polar surface area (TPSA) is 21.3 Å². The lowest BCUT2D eigenvalue weighted by atomic mass is 9.94. The third kappa shape index (κ3) is 2.82. The zero-order chi connectivity index (χ0) is 14.7. The van der Waals surface area contributed by atoms with E-state index < -0.39 is 0 Å². The van der Waals surface area contributed by atoms with Crippen LogP contribution in [0, 0.1) is 13.8 Å². The quantitative estimate of drug-likeness (QED) is 0.907. The molecule has 1 unspecified atom stereocenters. The Balaban J connectivity index is 2.52. The molecule has 0 bridgehead atoms. The first-order valence-electron chi connectivity index (χ1n) is 6.65. The van der Waals surface area contributed by atoms with E-state index in [9.17, 15) is 0 Å². The molecule has 0 aromatic heterocycles. The smallest absolute Gasteiger partial charge is 0.127 e.